The van der Waals surface area contributed by atoms with Gasteiger partial charge >= 0.3 is 0 Å². The molecule has 342 valence electrons. The number of aryl methyl sites for hydroxylation is 3. The summed E-state index contributed by atoms with van der Waals surface area (Å²) in [5.41, 5.74) is 22.4. The van der Waals surface area contributed by atoms with E-state index in [0.717, 1.165) is 37.7 Å². The van der Waals surface area contributed by atoms with Gasteiger partial charge in [0.2, 0.25) is 0 Å². The van der Waals surface area contributed by atoms with E-state index in [1.165, 1.54) is 94.3 Å². The summed E-state index contributed by atoms with van der Waals surface area (Å²) in [5.74, 6) is 0. The van der Waals surface area contributed by atoms with Crippen molar-refractivity contribution in [3.8, 4) is 11.1 Å². The first-order valence-corrected chi connectivity index (χ1v) is 24.8. The maximum atomic E-state index is 4.08. The second kappa shape index (κ2) is 24.9. The van der Waals surface area contributed by atoms with E-state index in [1.807, 2.05) is 19.9 Å². The number of thiophene rings is 1. The quantitative estimate of drug-likeness (QED) is 0.174. The van der Waals surface area contributed by atoms with Gasteiger partial charge in [-0.05, 0) is 149 Å². The topological polar surface area (TPSA) is 6.48 Å². The summed E-state index contributed by atoms with van der Waals surface area (Å²) >= 11 is 1.78. The number of benzene rings is 3. The Morgan fingerprint density at radius 3 is 2.23 bits per heavy atom. The average molecular weight is 891 g/mol. The third-order valence-electron chi connectivity index (χ3n) is 12.3. The highest BCUT2D eigenvalue weighted by molar-refractivity contribution is 7.11. The van der Waals surface area contributed by atoms with Gasteiger partial charge in [0.15, 0.2) is 0 Å². The fourth-order valence-electron chi connectivity index (χ4n) is 8.62. The van der Waals surface area contributed by atoms with Crippen LogP contribution in [0.5, 0.6) is 0 Å². The molecule has 0 radical (unpaired) electrons. The molecule has 4 aromatic rings. The van der Waals surface area contributed by atoms with Crippen LogP contribution in [0.25, 0.3) is 28.3 Å². The number of rotatable bonds is 8. The summed E-state index contributed by atoms with van der Waals surface area (Å²) in [7, 11) is 2.21. The summed E-state index contributed by atoms with van der Waals surface area (Å²) in [4.78, 5) is 6.22. The summed E-state index contributed by atoms with van der Waals surface area (Å²) in [5, 5.41) is 2.24. The normalized spacial score (nSPS) is 19.7. The molecule has 0 N–H and O–H groups in total. The molecule has 0 amide bonds. The van der Waals surface area contributed by atoms with E-state index in [1.54, 1.807) is 11.3 Å². The highest BCUT2D eigenvalue weighted by Crippen LogP contribution is 2.45. The molecule has 0 saturated carbocycles. The van der Waals surface area contributed by atoms with Crippen molar-refractivity contribution < 1.29 is 0 Å². The van der Waals surface area contributed by atoms with Crippen LogP contribution in [0.1, 0.15) is 113 Å². The average Bonchev–Trinajstić information content (AvgIpc) is 3.83. The van der Waals surface area contributed by atoms with Crippen LogP contribution in [0.15, 0.2) is 198 Å². The van der Waals surface area contributed by atoms with Gasteiger partial charge < -0.3 is 9.80 Å². The molecule has 1 unspecified atom stereocenters. The summed E-state index contributed by atoms with van der Waals surface area (Å²) in [6.45, 7) is 29.2. The van der Waals surface area contributed by atoms with E-state index in [4.69, 9.17) is 0 Å². The Morgan fingerprint density at radius 1 is 0.848 bits per heavy atom. The Kier molecular flexibility index (Phi) is 19.2. The molecular formula is C63H74N2S. The van der Waals surface area contributed by atoms with Crippen molar-refractivity contribution in [3.05, 3.63) is 231 Å². The highest BCUT2D eigenvalue weighted by atomic mass is 32.1. The number of hydrogen-bond acceptors (Lipinski definition) is 3. The van der Waals surface area contributed by atoms with Crippen molar-refractivity contribution >= 4 is 39.9 Å². The Balaban J connectivity index is 0.000000184. The highest BCUT2D eigenvalue weighted by Gasteiger charge is 2.37. The van der Waals surface area contributed by atoms with Crippen molar-refractivity contribution in [2.45, 2.75) is 108 Å². The van der Waals surface area contributed by atoms with Crippen LogP contribution in [0.3, 0.4) is 0 Å². The van der Waals surface area contributed by atoms with Crippen molar-refractivity contribution in [2.24, 2.45) is 0 Å². The van der Waals surface area contributed by atoms with E-state index in [2.05, 4.69) is 236 Å². The molecule has 3 aromatic carbocycles. The van der Waals surface area contributed by atoms with Gasteiger partial charge in [0.25, 0.3) is 0 Å². The fourth-order valence-corrected chi connectivity index (χ4v) is 9.62. The molecule has 8 rings (SSSR count). The molecule has 2 nitrogen and oxygen atoms in total. The molecule has 1 aromatic heterocycles. The first-order chi connectivity index (χ1) is 31.9. The fraction of sp³-hybridized carbons (Fsp3) is 0.270. The number of anilines is 2. The molecule has 1 aliphatic heterocycles. The molecule has 1 atom stereocenters. The van der Waals surface area contributed by atoms with Gasteiger partial charge in [0.1, 0.15) is 6.17 Å². The number of fused-ring (bicyclic) bond motifs is 1. The molecule has 0 fully saturated rings. The largest absolute Gasteiger partial charge is 0.349 e. The van der Waals surface area contributed by atoms with E-state index in [0.29, 0.717) is 0 Å². The molecule has 3 heteroatoms. The van der Waals surface area contributed by atoms with Gasteiger partial charge in [-0.25, -0.2) is 0 Å². The van der Waals surface area contributed by atoms with E-state index < -0.39 is 0 Å². The Labute approximate surface area is 403 Å². The predicted molar refractivity (Wildman–Crippen MR) is 297 cm³/mol. The Bertz CT molecular complexity index is 2650. The minimum atomic E-state index is 0.232. The number of hydrogen-bond donors (Lipinski definition) is 0. The number of nitrogens with zero attached hydrogens (tertiary/aromatic N) is 2. The molecule has 0 bridgehead atoms. The Morgan fingerprint density at radius 2 is 1.58 bits per heavy atom. The number of para-hydroxylation sites is 2. The first kappa shape index (κ1) is 50.8. The lowest BCUT2D eigenvalue weighted by atomic mass is 9.96. The van der Waals surface area contributed by atoms with Crippen LogP contribution < -0.4 is 9.80 Å². The summed E-state index contributed by atoms with van der Waals surface area (Å²) < 4.78 is 0. The maximum absolute atomic E-state index is 4.08. The van der Waals surface area contributed by atoms with Crippen LogP contribution in [0.2, 0.25) is 0 Å². The second-order valence-corrected chi connectivity index (χ2v) is 18.2. The third kappa shape index (κ3) is 12.8. The van der Waals surface area contributed by atoms with Crippen LogP contribution in [-0.4, -0.2) is 13.2 Å². The Hall–Kier alpha value is -6.16. The SMILES string of the molecule is C=C(C)c1scc(-c2ccc(C)c(C)c2)c1/C=C\C.C=CC1=C(\CC)C/C(C)=C/C(c2ccc(C)cc2)=C\C=C\1.CC.CC1=CCC=C(C2N(C)c3ccccc3N2C2=CC=CCC2)C=C1. The smallest absolute Gasteiger partial charge is 0.132 e. The minimum Gasteiger partial charge on any atom is -0.349 e. The van der Waals surface area contributed by atoms with E-state index >= 15 is 0 Å². The first-order valence-electron chi connectivity index (χ1n) is 23.9. The predicted octanol–water partition coefficient (Wildman–Crippen LogP) is 18.6. The lowest BCUT2D eigenvalue weighted by molar-refractivity contribution is 0.718. The molecule has 0 spiro atoms. The second-order valence-electron chi connectivity index (χ2n) is 17.3. The molecule has 4 aliphatic rings. The van der Waals surface area contributed by atoms with Crippen LogP contribution in [0.4, 0.5) is 11.4 Å². The number of allylic oxidation sites excluding steroid dienone is 19. The lowest BCUT2D eigenvalue weighted by Crippen LogP contribution is -2.42. The van der Waals surface area contributed by atoms with Crippen molar-refractivity contribution in [1.82, 2.24) is 0 Å². The van der Waals surface area contributed by atoms with Crippen molar-refractivity contribution in [1.29, 1.82) is 0 Å². The molecule has 2 heterocycles. The summed E-state index contributed by atoms with van der Waals surface area (Å²) in [6, 6.07) is 24.1. The van der Waals surface area contributed by atoms with E-state index in [9.17, 15) is 0 Å². The zero-order valence-corrected chi connectivity index (χ0v) is 42.7. The standard InChI is InChI=1S/C22H24N2.C21H24.C18H20S.C2H6/c1-17-9-8-10-18(16-15-17)22-23(2)20-13-6-7-14-21(20)24(22)19-11-4-3-5-12-19;1-5-18-8-7-9-21(15-17(4)14-19(18)6-2)20-12-10-16(3)11-13-20;1-6-7-16-17(11-19-18(16)12(2)3)15-9-8-13(4)14(5)10-15;1-2/h3-4,6-7,9-11,13-16,22H,5,8,12H2,1-2H3;5,7-13,15H,1,6,14H2,2-4H3;6-11H,2H2,1,3-5H3;1-2H3/b;8-7+,17-15+,19-18-,21-9+;7-6-;. The zero-order chi connectivity index (χ0) is 47.8. The third-order valence-corrected chi connectivity index (χ3v) is 13.5. The van der Waals surface area contributed by atoms with Gasteiger partial charge in [-0.15, -0.1) is 11.3 Å². The molecular weight excluding hydrogens is 817 g/mol. The molecule has 66 heavy (non-hydrogen) atoms. The van der Waals surface area contributed by atoms with Crippen LogP contribution in [0, 0.1) is 20.8 Å². The van der Waals surface area contributed by atoms with Crippen LogP contribution in [-0.2, 0) is 0 Å². The van der Waals surface area contributed by atoms with E-state index in [-0.39, 0.29) is 6.17 Å². The van der Waals surface area contributed by atoms with Crippen LogP contribution >= 0.6 is 11.3 Å². The molecule has 3 aliphatic carbocycles. The van der Waals surface area contributed by atoms with Gasteiger partial charge in [-0.1, -0.05) is 190 Å². The lowest BCUT2D eigenvalue weighted by Gasteiger charge is -2.34. The monoisotopic (exact) mass is 891 g/mol. The summed E-state index contributed by atoms with van der Waals surface area (Å²) in [6.07, 6.45) is 36.5. The number of likely N-dealkylation sites (N-methyl/N-ethyl adjacent to an activating group) is 1. The van der Waals surface area contributed by atoms with Crippen molar-refractivity contribution in [3.63, 3.8) is 0 Å². The molecule has 0 saturated heterocycles. The zero-order valence-electron chi connectivity index (χ0n) is 41.8. The van der Waals surface area contributed by atoms with Gasteiger partial charge in [-0.2, -0.15) is 0 Å². The van der Waals surface area contributed by atoms with Gasteiger partial charge in [-0.3, -0.25) is 0 Å². The van der Waals surface area contributed by atoms with Gasteiger partial charge in [0, 0.05) is 28.7 Å². The van der Waals surface area contributed by atoms with Crippen molar-refractivity contribution in [2.75, 3.05) is 16.8 Å². The van der Waals surface area contributed by atoms with Gasteiger partial charge in [0.05, 0.1) is 11.4 Å². The maximum Gasteiger partial charge on any atom is 0.132 e. The minimum absolute atomic E-state index is 0.232.